The van der Waals surface area contributed by atoms with E-state index in [9.17, 15) is 9.65 Å². The molecule has 2 fully saturated rings. The number of hydrogen-bond acceptors (Lipinski definition) is 2. The fourth-order valence-corrected chi connectivity index (χ4v) is 4.78. The number of unbranched alkanes of at least 4 members (excludes halogenated alkanes) is 1. The summed E-state index contributed by atoms with van der Waals surface area (Å²) in [5.74, 6) is 1.72. The monoisotopic (exact) mass is 314 g/mol. The molecule has 1 N–H and O–H groups in total. The van der Waals surface area contributed by atoms with E-state index in [1.165, 1.54) is 19.3 Å². The standard InChI is InChI=1S/C19H35FO2/c1-3-5-6-15-11-12-17(13-18(15)20)19(22-21)16-9-7-14(4-2)8-10-16/h14-19,21H,3-13H2,1-2H3. The Balaban J connectivity index is 1.84. The molecule has 2 nitrogen and oxygen atoms in total. The van der Waals surface area contributed by atoms with Crippen LogP contribution in [-0.2, 0) is 4.89 Å². The van der Waals surface area contributed by atoms with Crippen molar-refractivity contribution in [3.05, 3.63) is 0 Å². The molecule has 0 radical (unpaired) electrons. The SMILES string of the molecule is CCCCC1CCC(C(OO)C2CCC(CC)CC2)CC1F. The summed E-state index contributed by atoms with van der Waals surface area (Å²) in [6.45, 7) is 4.43. The van der Waals surface area contributed by atoms with E-state index in [1.54, 1.807) is 0 Å². The van der Waals surface area contributed by atoms with Crippen LogP contribution < -0.4 is 0 Å². The lowest BCUT2D eigenvalue weighted by Crippen LogP contribution is -2.39. The predicted octanol–water partition coefficient (Wildman–Crippen LogP) is 6.01. The summed E-state index contributed by atoms with van der Waals surface area (Å²) in [6.07, 6.45) is 11.1. The van der Waals surface area contributed by atoms with E-state index in [0.29, 0.717) is 12.3 Å². The maximum Gasteiger partial charge on any atom is 0.103 e. The molecular formula is C19H35FO2. The zero-order valence-electron chi connectivity index (χ0n) is 14.5. The first kappa shape index (κ1) is 18.2. The summed E-state index contributed by atoms with van der Waals surface area (Å²) in [5, 5.41) is 9.42. The predicted molar refractivity (Wildman–Crippen MR) is 88.5 cm³/mol. The number of hydrogen-bond donors (Lipinski definition) is 1. The first-order chi connectivity index (χ1) is 10.7. The van der Waals surface area contributed by atoms with Gasteiger partial charge in [-0.3, -0.25) is 5.26 Å². The van der Waals surface area contributed by atoms with Crippen LogP contribution in [0.25, 0.3) is 0 Å². The van der Waals surface area contributed by atoms with Crippen LogP contribution in [0.3, 0.4) is 0 Å². The molecule has 0 heterocycles. The van der Waals surface area contributed by atoms with Crippen molar-refractivity contribution in [3.8, 4) is 0 Å². The summed E-state index contributed by atoms with van der Waals surface area (Å²) >= 11 is 0. The van der Waals surface area contributed by atoms with Crippen LogP contribution in [-0.4, -0.2) is 17.5 Å². The number of halogens is 1. The first-order valence-electron chi connectivity index (χ1n) is 9.63. The Labute approximate surface area is 135 Å². The molecule has 4 atom stereocenters. The van der Waals surface area contributed by atoms with Gasteiger partial charge in [-0.1, -0.05) is 46.0 Å². The summed E-state index contributed by atoms with van der Waals surface area (Å²) in [7, 11) is 0. The van der Waals surface area contributed by atoms with Crippen LogP contribution >= 0.6 is 0 Å². The molecule has 3 heteroatoms. The third-order valence-corrected chi connectivity index (χ3v) is 6.40. The van der Waals surface area contributed by atoms with Crippen molar-refractivity contribution in [2.75, 3.05) is 0 Å². The summed E-state index contributed by atoms with van der Waals surface area (Å²) in [4.78, 5) is 4.90. The van der Waals surface area contributed by atoms with Crippen LogP contribution in [0.15, 0.2) is 0 Å². The Morgan fingerprint density at radius 1 is 1.05 bits per heavy atom. The van der Waals surface area contributed by atoms with Crippen molar-refractivity contribution in [1.29, 1.82) is 0 Å². The third-order valence-electron chi connectivity index (χ3n) is 6.40. The minimum absolute atomic E-state index is 0.136. The van der Waals surface area contributed by atoms with Crippen molar-refractivity contribution < 1.29 is 14.5 Å². The molecule has 0 aromatic heterocycles. The Morgan fingerprint density at radius 3 is 2.27 bits per heavy atom. The molecule has 0 aromatic rings. The molecule has 0 aliphatic heterocycles. The number of alkyl halides is 1. The average molecular weight is 314 g/mol. The lowest BCUT2D eigenvalue weighted by molar-refractivity contribution is -0.308. The Bertz CT molecular complexity index is 302. The molecule has 0 aromatic carbocycles. The molecule has 2 aliphatic carbocycles. The van der Waals surface area contributed by atoms with Gasteiger partial charge in [0.25, 0.3) is 0 Å². The van der Waals surface area contributed by atoms with Crippen molar-refractivity contribution >= 4 is 0 Å². The van der Waals surface area contributed by atoms with Crippen LogP contribution in [0, 0.1) is 23.7 Å². The van der Waals surface area contributed by atoms with Crippen molar-refractivity contribution in [1.82, 2.24) is 0 Å². The molecular weight excluding hydrogens is 279 g/mol. The molecule has 2 aliphatic rings. The lowest BCUT2D eigenvalue weighted by atomic mass is 9.70. The van der Waals surface area contributed by atoms with Gasteiger partial charge in [0.1, 0.15) is 6.17 Å². The van der Waals surface area contributed by atoms with Gasteiger partial charge >= 0.3 is 0 Å². The van der Waals surface area contributed by atoms with Gasteiger partial charge in [0, 0.05) is 0 Å². The molecule has 2 rings (SSSR count). The van der Waals surface area contributed by atoms with E-state index in [1.807, 2.05) is 0 Å². The highest BCUT2D eigenvalue weighted by molar-refractivity contribution is 4.88. The molecule has 0 amide bonds. The molecule has 22 heavy (non-hydrogen) atoms. The zero-order valence-corrected chi connectivity index (χ0v) is 14.5. The third kappa shape index (κ3) is 4.67. The van der Waals surface area contributed by atoms with E-state index in [2.05, 4.69) is 13.8 Å². The van der Waals surface area contributed by atoms with E-state index in [0.717, 1.165) is 50.9 Å². The van der Waals surface area contributed by atoms with Crippen LogP contribution in [0.4, 0.5) is 4.39 Å². The second kappa shape index (κ2) is 9.22. The van der Waals surface area contributed by atoms with E-state index >= 15 is 0 Å². The van der Waals surface area contributed by atoms with Gasteiger partial charge in [-0.2, -0.15) is 0 Å². The fourth-order valence-electron chi connectivity index (χ4n) is 4.78. The van der Waals surface area contributed by atoms with Gasteiger partial charge < -0.3 is 0 Å². The largest absolute Gasteiger partial charge is 0.252 e. The second-order valence-electron chi connectivity index (χ2n) is 7.75. The summed E-state index contributed by atoms with van der Waals surface area (Å²) in [5.41, 5.74) is 0. The maximum atomic E-state index is 14.5. The Hall–Kier alpha value is -0.150. The van der Waals surface area contributed by atoms with Gasteiger partial charge in [-0.25, -0.2) is 9.28 Å². The van der Waals surface area contributed by atoms with Crippen LogP contribution in [0.1, 0.15) is 84.5 Å². The van der Waals surface area contributed by atoms with Crippen molar-refractivity contribution in [2.45, 2.75) is 96.8 Å². The summed E-state index contributed by atoms with van der Waals surface area (Å²) < 4.78 is 14.5. The van der Waals surface area contributed by atoms with Gasteiger partial charge in [0.15, 0.2) is 0 Å². The highest BCUT2D eigenvalue weighted by Gasteiger charge is 2.39. The highest BCUT2D eigenvalue weighted by Crippen LogP contribution is 2.42. The topological polar surface area (TPSA) is 29.5 Å². The second-order valence-corrected chi connectivity index (χ2v) is 7.75. The molecule has 0 bridgehead atoms. The fraction of sp³-hybridized carbons (Fsp3) is 1.00. The zero-order chi connectivity index (χ0) is 15.9. The highest BCUT2D eigenvalue weighted by atomic mass is 19.1. The molecule has 0 spiro atoms. The molecule has 130 valence electrons. The maximum absolute atomic E-state index is 14.5. The van der Waals surface area contributed by atoms with Gasteiger partial charge in [-0.15, -0.1) is 0 Å². The normalized spacial score (nSPS) is 37.9. The molecule has 0 saturated heterocycles. The average Bonchev–Trinajstić information content (AvgIpc) is 2.55. The van der Waals surface area contributed by atoms with Crippen LogP contribution in [0.5, 0.6) is 0 Å². The first-order valence-corrected chi connectivity index (χ1v) is 9.63. The molecule has 4 unspecified atom stereocenters. The van der Waals surface area contributed by atoms with Gasteiger partial charge in [-0.05, 0) is 62.2 Å². The van der Waals surface area contributed by atoms with Crippen molar-refractivity contribution in [3.63, 3.8) is 0 Å². The summed E-state index contributed by atoms with van der Waals surface area (Å²) in [6, 6.07) is 0. The van der Waals surface area contributed by atoms with E-state index < -0.39 is 6.17 Å². The quantitative estimate of drug-likeness (QED) is 0.461. The minimum Gasteiger partial charge on any atom is -0.252 e. The van der Waals surface area contributed by atoms with E-state index in [4.69, 9.17) is 4.89 Å². The van der Waals surface area contributed by atoms with Gasteiger partial charge in [0.2, 0.25) is 0 Å². The minimum atomic E-state index is -0.699. The smallest absolute Gasteiger partial charge is 0.103 e. The van der Waals surface area contributed by atoms with E-state index in [-0.39, 0.29) is 17.9 Å². The number of rotatable bonds is 7. The van der Waals surface area contributed by atoms with Gasteiger partial charge in [0.05, 0.1) is 6.10 Å². The Morgan fingerprint density at radius 2 is 1.73 bits per heavy atom. The molecule has 2 saturated carbocycles. The lowest BCUT2D eigenvalue weighted by Gasteiger charge is -2.40. The Kier molecular flexibility index (Phi) is 7.62. The van der Waals surface area contributed by atoms with Crippen LogP contribution in [0.2, 0.25) is 0 Å². The van der Waals surface area contributed by atoms with Crippen molar-refractivity contribution in [2.24, 2.45) is 23.7 Å².